The minimum absolute atomic E-state index is 0.849. The van der Waals surface area contributed by atoms with E-state index in [4.69, 9.17) is 9.98 Å². The number of nitrogens with one attached hydrogen (secondary N) is 1. The Balaban J connectivity index is 3.06. The van der Waals surface area contributed by atoms with Crippen molar-refractivity contribution in [3.63, 3.8) is 0 Å². The topological polar surface area (TPSA) is 36.8 Å². The van der Waals surface area contributed by atoms with Crippen LogP contribution in [0.15, 0.2) is 46.0 Å². The van der Waals surface area contributed by atoms with Crippen molar-refractivity contribution < 1.29 is 0 Å². The zero-order chi connectivity index (χ0) is 28.5. The van der Waals surface area contributed by atoms with Crippen molar-refractivity contribution in [3.05, 3.63) is 52.7 Å². The number of aryl methyl sites for hydroxylation is 3. The van der Waals surface area contributed by atoms with Gasteiger partial charge in [-0.25, -0.2) is 0 Å². The van der Waals surface area contributed by atoms with Crippen LogP contribution in [0.5, 0.6) is 0 Å². The van der Waals surface area contributed by atoms with Crippen molar-refractivity contribution >= 4 is 17.2 Å². The van der Waals surface area contributed by atoms with Crippen LogP contribution in [0.1, 0.15) is 129 Å². The third kappa shape index (κ3) is 12.1. The van der Waals surface area contributed by atoms with E-state index in [2.05, 4.69) is 86.3 Å². The summed E-state index contributed by atoms with van der Waals surface area (Å²) in [5, 5.41) is 3.67. The SMILES string of the molecule is C=C/C(C(CCC)=Nc1c(C)cc(C)cc1C)=C(/C)NC(CCC)=NCCCC(CCC)CCC(C)CC. The number of nitrogens with zero attached hydrogens (tertiary/aromatic N) is 2. The Kier molecular flexibility index (Phi) is 16.9. The summed E-state index contributed by atoms with van der Waals surface area (Å²) in [6.45, 7) is 25.2. The first-order valence-electron chi connectivity index (χ1n) is 15.5. The monoisotopic (exact) mass is 521 g/mol. The number of allylic oxidation sites excluding steroid dienone is 3. The van der Waals surface area contributed by atoms with Gasteiger partial charge in [-0.3, -0.25) is 9.98 Å². The first-order chi connectivity index (χ1) is 18.2. The summed E-state index contributed by atoms with van der Waals surface area (Å²) < 4.78 is 0. The molecular formula is C35H59N3. The molecule has 1 rings (SSSR count). The molecule has 0 saturated heterocycles. The van der Waals surface area contributed by atoms with Crippen LogP contribution in [0.25, 0.3) is 0 Å². The molecule has 0 amide bonds. The molecule has 0 bridgehead atoms. The van der Waals surface area contributed by atoms with E-state index in [0.29, 0.717) is 0 Å². The zero-order valence-corrected chi connectivity index (χ0v) is 26.5. The third-order valence-electron chi connectivity index (χ3n) is 7.64. The predicted molar refractivity (Wildman–Crippen MR) is 172 cm³/mol. The van der Waals surface area contributed by atoms with E-state index in [-0.39, 0.29) is 0 Å². The second kappa shape index (κ2) is 19.0. The molecule has 1 aromatic carbocycles. The lowest BCUT2D eigenvalue weighted by molar-refractivity contribution is 0.357. The van der Waals surface area contributed by atoms with Gasteiger partial charge < -0.3 is 5.32 Å². The molecule has 3 heteroatoms. The number of aliphatic imine (C=N–C) groups is 2. The highest BCUT2D eigenvalue weighted by atomic mass is 15.0. The molecule has 2 atom stereocenters. The van der Waals surface area contributed by atoms with Gasteiger partial charge in [0.1, 0.15) is 5.84 Å². The van der Waals surface area contributed by atoms with Gasteiger partial charge in [-0.2, -0.15) is 0 Å². The van der Waals surface area contributed by atoms with Crippen LogP contribution in [-0.2, 0) is 0 Å². The van der Waals surface area contributed by atoms with Crippen LogP contribution >= 0.6 is 0 Å². The summed E-state index contributed by atoms with van der Waals surface area (Å²) in [6, 6.07) is 4.44. The van der Waals surface area contributed by atoms with Crippen molar-refractivity contribution in [3.8, 4) is 0 Å². The third-order valence-corrected chi connectivity index (χ3v) is 7.64. The minimum Gasteiger partial charge on any atom is -0.347 e. The van der Waals surface area contributed by atoms with Crippen LogP contribution in [-0.4, -0.2) is 18.1 Å². The van der Waals surface area contributed by atoms with Crippen LogP contribution in [0.2, 0.25) is 0 Å². The molecule has 3 nitrogen and oxygen atoms in total. The van der Waals surface area contributed by atoms with Crippen LogP contribution in [0, 0.1) is 32.6 Å². The molecule has 2 unspecified atom stereocenters. The number of rotatable bonds is 18. The lowest BCUT2D eigenvalue weighted by Gasteiger charge is -2.18. The van der Waals surface area contributed by atoms with Gasteiger partial charge in [0, 0.05) is 29.9 Å². The lowest BCUT2D eigenvalue weighted by atomic mass is 9.89. The highest BCUT2D eigenvalue weighted by Gasteiger charge is 2.13. The van der Waals surface area contributed by atoms with E-state index in [0.717, 1.165) is 72.6 Å². The summed E-state index contributed by atoms with van der Waals surface area (Å²) in [4.78, 5) is 10.2. The summed E-state index contributed by atoms with van der Waals surface area (Å²) in [5.74, 6) is 2.79. The van der Waals surface area contributed by atoms with Crippen LogP contribution < -0.4 is 5.32 Å². The Morgan fingerprint density at radius 1 is 0.921 bits per heavy atom. The zero-order valence-electron chi connectivity index (χ0n) is 26.5. The van der Waals surface area contributed by atoms with E-state index in [9.17, 15) is 0 Å². The largest absolute Gasteiger partial charge is 0.347 e. The lowest BCUT2D eigenvalue weighted by Crippen LogP contribution is -2.24. The van der Waals surface area contributed by atoms with Crippen LogP contribution in [0.3, 0.4) is 0 Å². The molecule has 0 radical (unpaired) electrons. The maximum absolute atomic E-state index is 5.19. The number of amidine groups is 1. The quantitative estimate of drug-likeness (QED) is 0.0886. The van der Waals surface area contributed by atoms with Crippen molar-refractivity contribution in [2.75, 3.05) is 6.54 Å². The second-order valence-corrected chi connectivity index (χ2v) is 11.4. The summed E-state index contributed by atoms with van der Waals surface area (Å²) in [7, 11) is 0. The van der Waals surface area contributed by atoms with Gasteiger partial charge in [0.2, 0.25) is 0 Å². The molecule has 0 fully saturated rings. The maximum atomic E-state index is 5.19. The summed E-state index contributed by atoms with van der Waals surface area (Å²) >= 11 is 0. The molecule has 0 saturated carbocycles. The van der Waals surface area contributed by atoms with E-state index in [1.54, 1.807) is 0 Å². The molecule has 0 aliphatic carbocycles. The summed E-state index contributed by atoms with van der Waals surface area (Å²) in [5.41, 5.74) is 8.12. The Hall–Kier alpha value is -2.16. The van der Waals surface area contributed by atoms with Gasteiger partial charge in [-0.05, 0) is 76.3 Å². The average Bonchev–Trinajstić information content (AvgIpc) is 2.87. The molecule has 38 heavy (non-hydrogen) atoms. The Morgan fingerprint density at radius 3 is 2.13 bits per heavy atom. The van der Waals surface area contributed by atoms with Crippen molar-refractivity contribution in [2.24, 2.45) is 21.8 Å². The van der Waals surface area contributed by atoms with Gasteiger partial charge >= 0.3 is 0 Å². The normalized spacial score (nSPS) is 14.8. The standard InChI is InChI=1S/C35H59N3/c1-11-17-31(22-21-26(6)14-4)20-16-23-36-34(19-13-3)37-30(10)32(15-5)33(18-12-2)38-35-28(8)24-27(7)25-29(35)9/h15,24-26,31H,5,11-14,16-23H2,1-4,6-10H3,(H,36,37)/b32-30+,38-33?. The highest BCUT2D eigenvalue weighted by Crippen LogP contribution is 2.27. The van der Waals surface area contributed by atoms with Gasteiger partial charge in [0.05, 0.1) is 5.69 Å². The molecule has 1 N–H and O–H groups in total. The molecule has 214 valence electrons. The van der Waals surface area contributed by atoms with Gasteiger partial charge in [0.15, 0.2) is 0 Å². The van der Waals surface area contributed by atoms with Crippen molar-refractivity contribution in [1.82, 2.24) is 5.32 Å². The van der Waals surface area contributed by atoms with E-state index < -0.39 is 0 Å². The molecule has 0 aliphatic rings. The Bertz CT molecular complexity index is 911. The van der Waals surface area contributed by atoms with Crippen molar-refractivity contribution in [1.29, 1.82) is 0 Å². The molecule has 0 spiro atoms. The molecule has 0 aliphatic heterocycles. The highest BCUT2D eigenvalue weighted by molar-refractivity contribution is 6.05. The Labute approximate surface area is 236 Å². The molecule has 1 aromatic rings. The fourth-order valence-corrected chi connectivity index (χ4v) is 5.32. The predicted octanol–water partition coefficient (Wildman–Crippen LogP) is 10.8. The van der Waals surface area contributed by atoms with Gasteiger partial charge in [0.25, 0.3) is 0 Å². The van der Waals surface area contributed by atoms with Crippen LogP contribution in [0.4, 0.5) is 5.69 Å². The first-order valence-corrected chi connectivity index (χ1v) is 15.5. The average molecular weight is 522 g/mol. The fourth-order valence-electron chi connectivity index (χ4n) is 5.32. The minimum atomic E-state index is 0.849. The van der Waals surface area contributed by atoms with E-state index in [1.807, 2.05) is 6.08 Å². The second-order valence-electron chi connectivity index (χ2n) is 11.4. The molecule has 0 aromatic heterocycles. The number of benzene rings is 1. The Morgan fingerprint density at radius 2 is 1.58 bits per heavy atom. The van der Waals surface area contributed by atoms with Gasteiger partial charge in [-0.15, -0.1) is 0 Å². The summed E-state index contributed by atoms with van der Waals surface area (Å²) in [6.07, 6.45) is 15.1. The maximum Gasteiger partial charge on any atom is 0.100 e. The first kappa shape index (κ1) is 33.9. The molecular weight excluding hydrogens is 462 g/mol. The molecule has 0 heterocycles. The fraction of sp³-hybridized carbons (Fsp3) is 0.657. The van der Waals surface area contributed by atoms with Gasteiger partial charge in [-0.1, -0.05) is 103 Å². The van der Waals surface area contributed by atoms with E-state index >= 15 is 0 Å². The number of hydrogen-bond donors (Lipinski definition) is 1. The van der Waals surface area contributed by atoms with E-state index in [1.165, 1.54) is 61.6 Å². The number of hydrogen-bond acceptors (Lipinski definition) is 2. The van der Waals surface area contributed by atoms with Crippen molar-refractivity contribution in [2.45, 2.75) is 133 Å². The smallest absolute Gasteiger partial charge is 0.100 e.